The Balaban J connectivity index is 1.33. The zero-order chi connectivity index (χ0) is 23.6. The van der Waals surface area contributed by atoms with Gasteiger partial charge in [-0.25, -0.2) is 8.78 Å². The topological polar surface area (TPSA) is 26.8 Å². The normalized spacial score (nSPS) is 20.8. The predicted molar refractivity (Wildman–Crippen MR) is 115 cm³/mol. The Morgan fingerprint density at radius 2 is 1.67 bits per heavy atom. The first kappa shape index (κ1) is 23.5. The molecule has 1 atom stereocenters. The maximum atomic E-state index is 14.0. The quantitative estimate of drug-likeness (QED) is 0.611. The molecule has 2 aromatic rings. The molecule has 2 fully saturated rings. The summed E-state index contributed by atoms with van der Waals surface area (Å²) in [4.78, 5) is 18.5. The van der Waals surface area contributed by atoms with Gasteiger partial charge in [0.2, 0.25) is 5.91 Å². The maximum absolute atomic E-state index is 14.0. The van der Waals surface area contributed by atoms with Crippen LogP contribution in [0.5, 0.6) is 0 Å². The van der Waals surface area contributed by atoms with Crippen molar-refractivity contribution in [3.63, 3.8) is 0 Å². The van der Waals surface area contributed by atoms with E-state index in [9.17, 15) is 26.7 Å². The van der Waals surface area contributed by atoms with Crippen molar-refractivity contribution < 1.29 is 26.7 Å². The van der Waals surface area contributed by atoms with Crippen LogP contribution in [0.3, 0.4) is 0 Å². The monoisotopic (exact) mass is 467 g/mol. The summed E-state index contributed by atoms with van der Waals surface area (Å²) in [6.45, 7) is 3.20. The highest BCUT2D eigenvalue weighted by Gasteiger charge is 2.32. The van der Waals surface area contributed by atoms with Gasteiger partial charge in [0.05, 0.1) is 5.56 Å². The molecule has 0 aromatic heterocycles. The van der Waals surface area contributed by atoms with Gasteiger partial charge in [-0.15, -0.1) is 0 Å². The fraction of sp³-hybridized carbons (Fsp3) is 0.458. The van der Waals surface area contributed by atoms with Gasteiger partial charge in [-0.05, 0) is 37.1 Å². The third-order valence-electron chi connectivity index (χ3n) is 6.52. The van der Waals surface area contributed by atoms with Crippen LogP contribution in [0.2, 0.25) is 0 Å². The van der Waals surface area contributed by atoms with Crippen molar-refractivity contribution in [3.05, 3.63) is 65.2 Å². The number of hydrogen-bond acceptors (Lipinski definition) is 3. The highest BCUT2D eigenvalue weighted by molar-refractivity contribution is 5.76. The SMILES string of the molecule is O=C1CCC(N2CCN(c3cccc(C(F)(F)F)c3)CC2)CCN1Cc1ccc(F)cc1F. The van der Waals surface area contributed by atoms with Gasteiger partial charge in [0.1, 0.15) is 11.6 Å². The van der Waals surface area contributed by atoms with Crippen LogP contribution in [-0.4, -0.2) is 54.5 Å². The zero-order valence-electron chi connectivity index (χ0n) is 18.1. The van der Waals surface area contributed by atoms with Crippen molar-refractivity contribution in [1.82, 2.24) is 9.80 Å². The minimum atomic E-state index is -4.37. The van der Waals surface area contributed by atoms with E-state index in [0.717, 1.165) is 18.6 Å². The van der Waals surface area contributed by atoms with E-state index in [1.165, 1.54) is 24.3 Å². The number of carbonyl (C=O) groups is 1. The average Bonchev–Trinajstić information content (AvgIpc) is 2.97. The van der Waals surface area contributed by atoms with E-state index in [-0.39, 0.29) is 24.1 Å². The number of piperazine rings is 1. The molecule has 2 aromatic carbocycles. The Morgan fingerprint density at radius 3 is 2.36 bits per heavy atom. The van der Waals surface area contributed by atoms with Gasteiger partial charge in [0.25, 0.3) is 0 Å². The number of rotatable bonds is 4. The zero-order valence-corrected chi connectivity index (χ0v) is 18.1. The molecule has 2 saturated heterocycles. The smallest absolute Gasteiger partial charge is 0.369 e. The van der Waals surface area contributed by atoms with Crippen molar-refractivity contribution >= 4 is 11.6 Å². The highest BCUT2D eigenvalue weighted by atomic mass is 19.4. The van der Waals surface area contributed by atoms with E-state index >= 15 is 0 Å². The third kappa shape index (κ3) is 5.63. The van der Waals surface area contributed by atoms with Crippen molar-refractivity contribution in [1.29, 1.82) is 0 Å². The van der Waals surface area contributed by atoms with Crippen molar-refractivity contribution in [2.24, 2.45) is 0 Å². The highest BCUT2D eigenvalue weighted by Crippen LogP contribution is 2.32. The third-order valence-corrected chi connectivity index (χ3v) is 6.52. The molecule has 2 aliphatic rings. The van der Waals surface area contributed by atoms with Gasteiger partial charge in [-0.1, -0.05) is 12.1 Å². The predicted octanol–water partition coefficient (Wildman–Crippen LogP) is 4.69. The van der Waals surface area contributed by atoms with E-state index in [1.807, 2.05) is 4.90 Å². The summed E-state index contributed by atoms with van der Waals surface area (Å²) in [5.74, 6) is -1.36. The fourth-order valence-corrected chi connectivity index (χ4v) is 4.63. The van der Waals surface area contributed by atoms with E-state index < -0.39 is 23.4 Å². The Labute approximate surface area is 189 Å². The summed E-state index contributed by atoms with van der Waals surface area (Å²) < 4.78 is 66.2. The number of alkyl halides is 3. The van der Waals surface area contributed by atoms with Gasteiger partial charge in [-0.2, -0.15) is 13.2 Å². The van der Waals surface area contributed by atoms with Crippen LogP contribution in [0.15, 0.2) is 42.5 Å². The van der Waals surface area contributed by atoms with Crippen LogP contribution >= 0.6 is 0 Å². The number of hydrogen-bond donors (Lipinski definition) is 0. The second-order valence-electron chi connectivity index (χ2n) is 8.60. The number of nitrogens with zero attached hydrogens (tertiary/aromatic N) is 3. The van der Waals surface area contributed by atoms with Crippen LogP contribution in [0.1, 0.15) is 30.4 Å². The van der Waals surface area contributed by atoms with Crippen LogP contribution in [0.25, 0.3) is 0 Å². The molecule has 178 valence electrons. The standard InChI is InChI=1S/C24H26F5N3O/c25-19-5-4-17(22(26)15-19)16-32-9-8-20(6-7-23(32)33)30-10-12-31(13-11-30)21-3-1-2-18(14-21)24(27,28)29/h1-5,14-15,20H,6-13,16H2. The molecular formula is C24H26F5N3O. The van der Waals surface area contributed by atoms with Gasteiger partial charge in [-0.3, -0.25) is 9.69 Å². The van der Waals surface area contributed by atoms with E-state index in [0.29, 0.717) is 51.3 Å². The first-order valence-electron chi connectivity index (χ1n) is 11.1. The van der Waals surface area contributed by atoms with Crippen LogP contribution < -0.4 is 4.90 Å². The first-order chi connectivity index (χ1) is 15.7. The summed E-state index contributed by atoms with van der Waals surface area (Å²) >= 11 is 0. The van der Waals surface area contributed by atoms with Gasteiger partial charge >= 0.3 is 6.18 Å². The molecule has 4 rings (SSSR count). The molecule has 33 heavy (non-hydrogen) atoms. The van der Waals surface area contributed by atoms with Crippen LogP contribution in [0, 0.1) is 11.6 Å². The van der Waals surface area contributed by atoms with Crippen molar-refractivity contribution in [2.75, 3.05) is 37.6 Å². The number of anilines is 1. The Morgan fingerprint density at radius 1 is 0.909 bits per heavy atom. The van der Waals surface area contributed by atoms with Gasteiger partial charge < -0.3 is 9.80 Å². The minimum Gasteiger partial charge on any atom is -0.369 e. The molecule has 0 radical (unpaired) electrons. The lowest BCUT2D eigenvalue weighted by molar-refractivity contribution is -0.137. The van der Waals surface area contributed by atoms with Gasteiger partial charge in [0.15, 0.2) is 0 Å². The number of halogens is 5. The fourth-order valence-electron chi connectivity index (χ4n) is 4.63. The second-order valence-corrected chi connectivity index (χ2v) is 8.60. The molecule has 0 spiro atoms. The Kier molecular flexibility index (Phi) is 6.88. The molecule has 1 unspecified atom stereocenters. The summed E-state index contributed by atoms with van der Waals surface area (Å²) in [6, 6.07) is 8.95. The number of benzene rings is 2. The molecule has 4 nitrogen and oxygen atoms in total. The maximum Gasteiger partial charge on any atom is 0.416 e. The average molecular weight is 467 g/mol. The Bertz CT molecular complexity index is 988. The van der Waals surface area contributed by atoms with E-state index in [1.54, 1.807) is 11.0 Å². The Hall–Kier alpha value is -2.68. The number of likely N-dealkylation sites (tertiary alicyclic amines) is 1. The largest absolute Gasteiger partial charge is 0.416 e. The molecular weight excluding hydrogens is 441 g/mol. The summed E-state index contributed by atoms with van der Waals surface area (Å²) in [7, 11) is 0. The lowest BCUT2D eigenvalue weighted by Crippen LogP contribution is -2.50. The number of amides is 1. The molecule has 1 amide bonds. The first-order valence-corrected chi connectivity index (χ1v) is 11.1. The van der Waals surface area contributed by atoms with Crippen LogP contribution in [0.4, 0.5) is 27.6 Å². The van der Waals surface area contributed by atoms with Crippen molar-refractivity contribution in [2.45, 2.75) is 38.0 Å². The molecule has 0 N–H and O–H groups in total. The number of carbonyl (C=O) groups excluding carboxylic acids is 1. The summed E-state index contributed by atoms with van der Waals surface area (Å²) in [6.07, 6.45) is -2.60. The van der Waals surface area contributed by atoms with Gasteiger partial charge in [0, 0.05) is 69.0 Å². The second kappa shape index (κ2) is 9.67. The summed E-state index contributed by atoms with van der Waals surface area (Å²) in [5.41, 5.74) is 0.202. The van der Waals surface area contributed by atoms with Crippen LogP contribution in [-0.2, 0) is 17.5 Å². The molecule has 2 aliphatic heterocycles. The molecule has 0 saturated carbocycles. The molecule has 2 heterocycles. The minimum absolute atomic E-state index is 0.0520. The molecule has 0 aliphatic carbocycles. The molecule has 0 bridgehead atoms. The molecule has 9 heteroatoms. The summed E-state index contributed by atoms with van der Waals surface area (Å²) in [5, 5.41) is 0. The van der Waals surface area contributed by atoms with Crippen molar-refractivity contribution in [3.8, 4) is 0 Å². The van der Waals surface area contributed by atoms with E-state index in [2.05, 4.69) is 4.90 Å². The lowest BCUT2D eigenvalue weighted by Gasteiger charge is -2.40. The van der Waals surface area contributed by atoms with E-state index in [4.69, 9.17) is 0 Å². The lowest BCUT2D eigenvalue weighted by atomic mass is 10.1.